The van der Waals surface area contributed by atoms with Crippen LogP contribution in [0.15, 0.2) is 42.7 Å². The molecule has 164 valence electrons. The molecule has 0 amide bonds. The predicted molar refractivity (Wildman–Crippen MR) is 126 cm³/mol. The maximum absolute atomic E-state index is 4.97. The molecule has 0 saturated heterocycles. The number of benzene rings is 1. The molecule has 4 heterocycles. The highest BCUT2D eigenvalue weighted by molar-refractivity contribution is 5.80. The summed E-state index contributed by atoms with van der Waals surface area (Å²) in [5.41, 5.74) is 10.00. The van der Waals surface area contributed by atoms with Crippen LogP contribution in [0.25, 0.3) is 33.7 Å². The first kappa shape index (κ1) is 19.7. The molecule has 1 aliphatic rings. The van der Waals surface area contributed by atoms with E-state index >= 15 is 0 Å². The third kappa shape index (κ3) is 3.13. The van der Waals surface area contributed by atoms with Gasteiger partial charge in [0.05, 0.1) is 6.04 Å². The third-order valence-corrected chi connectivity index (χ3v) is 6.58. The number of imidazole rings is 1. The first-order valence-corrected chi connectivity index (χ1v) is 11.3. The third-order valence-electron chi connectivity index (χ3n) is 6.58. The molecule has 1 N–H and O–H groups in total. The van der Waals surface area contributed by atoms with Crippen LogP contribution in [0.5, 0.6) is 0 Å². The quantitative estimate of drug-likeness (QED) is 0.449. The van der Waals surface area contributed by atoms with E-state index in [4.69, 9.17) is 9.97 Å². The summed E-state index contributed by atoms with van der Waals surface area (Å²) >= 11 is 0. The van der Waals surface area contributed by atoms with Gasteiger partial charge < -0.3 is 4.57 Å². The molecular weight excluding hydrogens is 412 g/mol. The van der Waals surface area contributed by atoms with E-state index in [0.717, 1.165) is 58.6 Å². The number of nitrogens with zero attached hydrogens (tertiary/aromatic N) is 7. The molecule has 0 spiro atoms. The number of aromatic amines is 1. The number of fused-ring (bicyclic) bond motifs is 2. The van der Waals surface area contributed by atoms with Gasteiger partial charge >= 0.3 is 0 Å². The van der Waals surface area contributed by atoms with Crippen LogP contribution in [-0.4, -0.2) is 40.1 Å². The summed E-state index contributed by atoms with van der Waals surface area (Å²) in [7, 11) is 0. The Morgan fingerprint density at radius 3 is 2.82 bits per heavy atom. The Balaban J connectivity index is 1.46. The predicted octanol–water partition coefficient (Wildman–Crippen LogP) is 4.39. The van der Waals surface area contributed by atoms with E-state index in [0.29, 0.717) is 5.82 Å². The van der Waals surface area contributed by atoms with Gasteiger partial charge in [-0.3, -0.25) is 4.98 Å². The molecule has 8 heteroatoms. The minimum Gasteiger partial charge on any atom is -0.305 e. The molecule has 6 rings (SSSR count). The van der Waals surface area contributed by atoms with Crippen molar-refractivity contribution < 1.29 is 0 Å². The lowest BCUT2D eigenvalue weighted by molar-refractivity contribution is 0.566. The number of aryl methyl sites for hydroxylation is 4. The van der Waals surface area contributed by atoms with E-state index in [9.17, 15) is 0 Å². The number of tetrazole rings is 1. The van der Waals surface area contributed by atoms with Gasteiger partial charge in [0.1, 0.15) is 11.3 Å². The van der Waals surface area contributed by atoms with Crippen molar-refractivity contribution in [1.82, 2.24) is 40.1 Å². The average molecular weight is 437 g/mol. The lowest BCUT2D eigenvalue weighted by atomic mass is 9.97. The maximum atomic E-state index is 4.97. The van der Waals surface area contributed by atoms with Gasteiger partial charge in [0, 0.05) is 30.1 Å². The monoisotopic (exact) mass is 436 g/mol. The Bertz CT molecular complexity index is 1480. The summed E-state index contributed by atoms with van der Waals surface area (Å²) in [6, 6.07) is 11.1. The zero-order valence-electron chi connectivity index (χ0n) is 18.9. The molecule has 0 aliphatic heterocycles. The van der Waals surface area contributed by atoms with E-state index in [1.54, 1.807) is 12.4 Å². The molecule has 0 bridgehead atoms. The summed E-state index contributed by atoms with van der Waals surface area (Å²) < 4.78 is 2.37. The number of hydrogen-bond acceptors (Lipinski definition) is 6. The summed E-state index contributed by atoms with van der Waals surface area (Å²) in [6.07, 6.45) is 6.53. The topological polar surface area (TPSA) is 98.1 Å². The summed E-state index contributed by atoms with van der Waals surface area (Å²) in [4.78, 5) is 14.1. The Labute approximate surface area is 191 Å². The largest absolute Gasteiger partial charge is 0.305 e. The Morgan fingerprint density at radius 2 is 2.00 bits per heavy atom. The fourth-order valence-electron chi connectivity index (χ4n) is 5.13. The molecule has 1 atom stereocenters. The second kappa shape index (κ2) is 7.58. The minimum absolute atomic E-state index is 0.247. The van der Waals surface area contributed by atoms with Crippen LogP contribution in [0.3, 0.4) is 0 Å². The molecule has 0 saturated carbocycles. The standard InChI is InChI=1S/C25H24N8/c1-4-22-28-23-14(2)11-15(3)27-25(23)33(22)21-8-6-17-12-16(5-7-19(17)21)18-9-10-26-13-20(18)24-29-31-32-30-24/h5,7,9-13,21H,4,6,8H2,1-3H3,(H,29,30,31,32). The summed E-state index contributed by atoms with van der Waals surface area (Å²) in [5.74, 6) is 1.65. The van der Waals surface area contributed by atoms with Crippen LogP contribution in [0.1, 0.15) is 47.6 Å². The van der Waals surface area contributed by atoms with Gasteiger partial charge in [0.25, 0.3) is 0 Å². The molecule has 1 aliphatic carbocycles. The van der Waals surface area contributed by atoms with E-state index in [1.807, 2.05) is 6.07 Å². The number of pyridine rings is 2. The van der Waals surface area contributed by atoms with Crippen molar-refractivity contribution >= 4 is 11.2 Å². The van der Waals surface area contributed by atoms with Crippen LogP contribution in [-0.2, 0) is 12.8 Å². The van der Waals surface area contributed by atoms with Crippen molar-refractivity contribution in [2.75, 3.05) is 0 Å². The van der Waals surface area contributed by atoms with E-state index < -0.39 is 0 Å². The van der Waals surface area contributed by atoms with Gasteiger partial charge in [0.2, 0.25) is 5.82 Å². The highest BCUT2D eigenvalue weighted by atomic mass is 15.5. The van der Waals surface area contributed by atoms with Gasteiger partial charge in [-0.1, -0.05) is 25.1 Å². The van der Waals surface area contributed by atoms with Crippen LogP contribution < -0.4 is 0 Å². The Hall–Kier alpha value is -3.94. The maximum Gasteiger partial charge on any atom is 0.206 e. The average Bonchev–Trinajstić information content (AvgIpc) is 3.57. The molecule has 0 radical (unpaired) electrons. The van der Waals surface area contributed by atoms with Gasteiger partial charge in [-0.05, 0) is 71.9 Å². The lowest BCUT2D eigenvalue weighted by Crippen LogP contribution is -2.11. The fraction of sp³-hybridized carbons (Fsp3) is 0.280. The van der Waals surface area contributed by atoms with E-state index in [1.165, 1.54) is 16.7 Å². The van der Waals surface area contributed by atoms with Crippen LogP contribution >= 0.6 is 0 Å². The number of rotatable bonds is 4. The highest BCUT2D eigenvalue weighted by Gasteiger charge is 2.29. The number of hydrogen-bond donors (Lipinski definition) is 1. The summed E-state index contributed by atoms with van der Waals surface area (Å²) in [5, 5.41) is 14.5. The number of H-pyrrole nitrogens is 1. The van der Waals surface area contributed by atoms with Crippen molar-refractivity contribution in [3.63, 3.8) is 0 Å². The highest BCUT2D eigenvalue weighted by Crippen LogP contribution is 2.40. The van der Waals surface area contributed by atoms with Crippen LogP contribution in [0, 0.1) is 13.8 Å². The van der Waals surface area contributed by atoms with Crippen LogP contribution in [0.2, 0.25) is 0 Å². The number of nitrogens with one attached hydrogen (secondary N) is 1. The smallest absolute Gasteiger partial charge is 0.206 e. The zero-order chi connectivity index (χ0) is 22.5. The lowest BCUT2D eigenvalue weighted by Gasteiger charge is -2.18. The first-order valence-electron chi connectivity index (χ1n) is 11.3. The second-order valence-electron chi connectivity index (χ2n) is 8.63. The molecule has 5 aromatic rings. The van der Waals surface area contributed by atoms with Crippen molar-refractivity contribution in [3.8, 4) is 22.5 Å². The summed E-state index contributed by atoms with van der Waals surface area (Å²) in [6.45, 7) is 6.35. The molecule has 1 aromatic carbocycles. The van der Waals surface area contributed by atoms with Crippen molar-refractivity contribution in [2.45, 2.75) is 46.1 Å². The van der Waals surface area contributed by atoms with Crippen molar-refractivity contribution in [3.05, 3.63) is 70.9 Å². The Morgan fingerprint density at radius 1 is 1.09 bits per heavy atom. The molecule has 33 heavy (non-hydrogen) atoms. The SMILES string of the molecule is CCc1nc2c(C)cc(C)nc2n1C1CCc2cc(-c3ccncc3-c3nn[nH]n3)ccc21. The van der Waals surface area contributed by atoms with Crippen molar-refractivity contribution in [2.24, 2.45) is 0 Å². The molecule has 4 aromatic heterocycles. The molecule has 0 fully saturated rings. The minimum atomic E-state index is 0.247. The number of aromatic nitrogens is 8. The van der Waals surface area contributed by atoms with E-state index in [2.05, 4.69) is 75.2 Å². The van der Waals surface area contributed by atoms with Crippen molar-refractivity contribution in [1.29, 1.82) is 0 Å². The zero-order valence-corrected chi connectivity index (χ0v) is 18.9. The first-order chi connectivity index (χ1) is 16.1. The van der Waals surface area contributed by atoms with Gasteiger partial charge in [0.15, 0.2) is 5.65 Å². The molecule has 8 nitrogen and oxygen atoms in total. The Kier molecular flexibility index (Phi) is 4.53. The van der Waals surface area contributed by atoms with Crippen LogP contribution in [0.4, 0.5) is 0 Å². The fourth-order valence-corrected chi connectivity index (χ4v) is 5.13. The van der Waals surface area contributed by atoms with Gasteiger partial charge in [-0.25, -0.2) is 9.97 Å². The van der Waals surface area contributed by atoms with Gasteiger partial charge in [-0.15, -0.1) is 10.2 Å². The van der Waals surface area contributed by atoms with Gasteiger partial charge in [-0.2, -0.15) is 5.21 Å². The molecular formula is C25H24N8. The normalized spacial score (nSPS) is 15.3. The second-order valence-corrected chi connectivity index (χ2v) is 8.63. The van der Waals surface area contributed by atoms with E-state index in [-0.39, 0.29) is 6.04 Å². The molecule has 1 unspecified atom stereocenters.